The van der Waals surface area contributed by atoms with Crippen LogP contribution < -0.4 is 0 Å². The summed E-state index contributed by atoms with van der Waals surface area (Å²) in [4.78, 5) is 33.4. The third-order valence-corrected chi connectivity index (χ3v) is 8.85. The zero-order chi connectivity index (χ0) is 22.5. The molecular formula is C26H39N3O2S. The van der Waals surface area contributed by atoms with Crippen LogP contribution in [0, 0.1) is 5.92 Å². The predicted molar refractivity (Wildman–Crippen MR) is 131 cm³/mol. The molecule has 2 amide bonds. The molecule has 176 valence electrons. The van der Waals surface area contributed by atoms with Gasteiger partial charge in [-0.05, 0) is 69.4 Å². The molecule has 2 heterocycles. The lowest BCUT2D eigenvalue weighted by Crippen LogP contribution is -2.49. The van der Waals surface area contributed by atoms with Crippen molar-refractivity contribution in [3.05, 3.63) is 29.8 Å². The second kappa shape index (κ2) is 11.1. The fourth-order valence-corrected chi connectivity index (χ4v) is 6.52. The first-order chi connectivity index (χ1) is 15.5. The van der Waals surface area contributed by atoms with Crippen molar-refractivity contribution in [1.82, 2.24) is 14.7 Å². The summed E-state index contributed by atoms with van der Waals surface area (Å²) < 4.78 is 0. The third kappa shape index (κ3) is 5.69. The average Bonchev–Trinajstić information content (AvgIpc) is 3.38. The van der Waals surface area contributed by atoms with Crippen molar-refractivity contribution in [2.24, 2.45) is 5.92 Å². The Morgan fingerprint density at radius 2 is 1.62 bits per heavy atom. The molecule has 0 unspecified atom stereocenters. The fourth-order valence-electron chi connectivity index (χ4n) is 5.57. The van der Waals surface area contributed by atoms with E-state index in [1.165, 1.54) is 37.4 Å². The van der Waals surface area contributed by atoms with Gasteiger partial charge in [0, 0.05) is 50.2 Å². The molecule has 5 nitrogen and oxygen atoms in total. The number of carbonyl (C=O) groups is 2. The first-order valence-corrected chi connectivity index (χ1v) is 13.5. The van der Waals surface area contributed by atoms with E-state index in [0.29, 0.717) is 11.8 Å². The SMILES string of the molecule is CC1CCC(N2CCC(N(C)C(=O)c3ccccc3SCC(=O)N3CCCC3)CC2)CC1. The van der Waals surface area contributed by atoms with Crippen molar-refractivity contribution in [2.75, 3.05) is 39.0 Å². The van der Waals surface area contributed by atoms with E-state index in [-0.39, 0.29) is 11.8 Å². The van der Waals surface area contributed by atoms with Crippen LogP contribution in [0.1, 0.15) is 68.6 Å². The third-order valence-electron chi connectivity index (χ3n) is 7.80. The lowest BCUT2D eigenvalue weighted by molar-refractivity contribution is -0.127. The molecule has 1 aliphatic carbocycles. The largest absolute Gasteiger partial charge is 0.342 e. The average molecular weight is 458 g/mol. The first kappa shape index (κ1) is 23.6. The van der Waals surface area contributed by atoms with Crippen LogP contribution in [-0.4, -0.2) is 77.6 Å². The van der Waals surface area contributed by atoms with Crippen LogP contribution in [0.3, 0.4) is 0 Å². The number of thioether (sulfide) groups is 1. The molecule has 3 fully saturated rings. The number of rotatable bonds is 6. The van der Waals surface area contributed by atoms with Crippen LogP contribution in [0.4, 0.5) is 0 Å². The number of carbonyl (C=O) groups excluding carboxylic acids is 2. The molecule has 0 atom stereocenters. The van der Waals surface area contributed by atoms with Gasteiger partial charge >= 0.3 is 0 Å². The number of hydrogen-bond donors (Lipinski definition) is 0. The topological polar surface area (TPSA) is 43.9 Å². The van der Waals surface area contributed by atoms with Gasteiger partial charge in [0.15, 0.2) is 0 Å². The van der Waals surface area contributed by atoms with Crippen molar-refractivity contribution in [3.63, 3.8) is 0 Å². The maximum atomic E-state index is 13.4. The lowest BCUT2D eigenvalue weighted by atomic mass is 9.85. The molecule has 0 bridgehead atoms. The van der Waals surface area contributed by atoms with E-state index in [1.54, 1.807) is 0 Å². The maximum Gasteiger partial charge on any atom is 0.254 e. The molecule has 1 aromatic carbocycles. The molecule has 32 heavy (non-hydrogen) atoms. The lowest BCUT2D eigenvalue weighted by Gasteiger charge is -2.42. The Labute approximate surface area is 197 Å². The molecule has 1 aromatic rings. The number of amides is 2. The Morgan fingerprint density at radius 3 is 2.31 bits per heavy atom. The van der Waals surface area contributed by atoms with Gasteiger partial charge < -0.3 is 14.7 Å². The van der Waals surface area contributed by atoms with Gasteiger partial charge in [0.2, 0.25) is 5.91 Å². The summed E-state index contributed by atoms with van der Waals surface area (Å²) in [5, 5.41) is 0. The zero-order valence-corrected chi connectivity index (χ0v) is 20.6. The van der Waals surface area contributed by atoms with Crippen molar-refractivity contribution in [2.45, 2.75) is 75.3 Å². The van der Waals surface area contributed by atoms with E-state index >= 15 is 0 Å². The van der Waals surface area contributed by atoms with Gasteiger partial charge in [-0.1, -0.05) is 19.1 Å². The van der Waals surface area contributed by atoms with Gasteiger partial charge in [0.25, 0.3) is 5.91 Å². The van der Waals surface area contributed by atoms with Crippen molar-refractivity contribution < 1.29 is 9.59 Å². The van der Waals surface area contributed by atoms with Crippen LogP contribution in [0.15, 0.2) is 29.2 Å². The quantitative estimate of drug-likeness (QED) is 0.589. The highest BCUT2D eigenvalue weighted by Crippen LogP contribution is 2.30. The maximum absolute atomic E-state index is 13.4. The minimum Gasteiger partial charge on any atom is -0.342 e. The van der Waals surface area contributed by atoms with Gasteiger partial charge in [-0.25, -0.2) is 0 Å². The number of nitrogens with zero attached hydrogens (tertiary/aromatic N) is 3. The first-order valence-electron chi connectivity index (χ1n) is 12.5. The molecule has 6 heteroatoms. The molecular weight excluding hydrogens is 418 g/mol. The van der Waals surface area contributed by atoms with Gasteiger partial charge in [-0.3, -0.25) is 9.59 Å². The summed E-state index contributed by atoms with van der Waals surface area (Å²) in [7, 11) is 1.96. The van der Waals surface area contributed by atoms with Crippen molar-refractivity contribution in [3.8, 4) is 0 Å². The highest BCUT2D eigenvalue weighted by molar-refractivity contribution is 8.00. The summed E-state index contributed by atoms with van der Waals surface area (Å²) >= 11 is 1.51. The number of piperidine rings is 1. The van der Waals surface area contributed by atoms with E-state index in [9.17, 15) is 9.59 Å². The Bertz CT molecular complexity index is 779. The van der Waals surface area contributed by atoms with Gasteiger partial charge in [0.05, 0.1) is 11.3 Å². The molecule has 3 aliphatic rings. The summed E-state index contributed by atoms with van der Waals surface area (Å²) in [6.07, 6.45) is 9.70. The molecule has 1 saturated carbocycles. The van der Waals surface area contributed by atoms with Gasteiger partial charge in [0.1, 0.15) is 0 Å². The standard InChI is InChI=1S/C26H39N3O2S/c1-20-9-11-22(12-10-20)28-17-13-21(14-18-28)27(2)26(31)23-7-3-4-8-24(23)32-19-25(30)29-15-5-6-16-29/h3-4,7-8,20-22H,5-6,9-19H2,1-2H3. The Hall–Kier alpha value is -1.53. The van der Waals surface area contributed by atoms with Crippen LogP contribution in [0.2, 0.25) is 0 Å². The van der Waals surface area contributed by atoms with E-state index in [1.807, 2.05) is 41.1 Å². The highest BCUT2D eigenvalue weighted by Gasteiger charge is 2.31. The minimum atomic E-state index is 0.0895. The normalized spacial score (nSPS) is 25.1. The predicted octanol–water partition coefficient (Wildman–Crippen LogP) is 4.52. The highest BCUT2D eigenvalue weighted by atomic mass is 32.2. The van der Waals surface area contributed by atoms with Crippen LogP contribution in [0.5, 0.6) is 0 Å². The van der Waals surface area contributed by atoms with Crippen molar-refractivity contribution in [1.29, 1.82) is 0 Å². The Morgan fingerprint density at radius 1 is 0.969 bits per heavy atom. The molecule has 0 N–H and O–H groups in total. The second-order valence-electron chi connectivity index (χ2n) is 9.97. The number of benzene rings is 1. The molecule has 0 radical (unpaired) electrons. The molecule has 2 aliphatic heterocycles. The molecule has 2 saturated heterocycles. The Balaban J connectivity index is 1.31. The smallest absolute Gasteiger partial charge is 0.254 e. The fraction of sp³-hybridized carbons (Fsp3) is 0.692. The minimum absolute atomic E-state index is 0.0895. The number of hydrogen-bond acceptors (Lipinski definition) is 4. The summed E-state index contributed by atoms with van der Waals surface area (Å²) in [5.41, 5.74) is 0.734. The van der Waals surface area contributed by atoms with Gasteiger partial charge in [-0.2, -0.15) is 0 Å². The summed E-state index contributed by atoms with van der Waals surface area (Å²) in [5.74, 6) is 1.57. The van der Waals surface area contributed by atoms with Crippen LogP contribution >= 0.6 is 11.8 Å². The van der Waals surface area contributed by atoms with Crippen molar-refractivity contribution >= 4 is 23.6 Å². The van der Waals surface area contributed by atoms with E-state index in [0.717, 1.165) is 74.3 Å². The summed E-state index contributed by atoms with van der Waals surface area (Å²) in [6, 6.07) is 8.84. The van der Waals surface area contributed by atoms with Crippen LogP contribution in [-0.2, 0) is 4.79 Å². The zero-order valence-electron chi connectivity index (χ0n) is 19.8. The monoisotopic (exact) mass is 457 g/mol. The van der Waals surface area contributed by atoms with Crippen LogP contribution in [0.25, 0.3) is 0 Å². The van der Waals surface area contributed by atoms with Gasteiger partial charge in [-0.15, -0.1) is 11.8 Å². The molecule has 0 spiro atoms. The summed E-state index contributed by atoms with van der Waals surface area (Å²) in [6.45, 7) is 6.33. The second-order valence-corrected chi connectivity index (χ2v) is 11.0. The van der Waals surface area contributed by atoms with E-state index < -0.39 is 0 Å². The van der Waals surface area contributed by atoms with E-state index in [2.05, 4.69) is 11.8 Å². The van der Waals surface area contributed by atoms with E-state index in [4.69, 9.17) is 0 Å². The Kier molecular flexibility index (Phi) is 8.17. The number of likely N-dealkylation sites (tertiary alicyclic amines) is 2. The molecule has 0 aromatic heterocycles. The molecule has 4 rings (SSSR count).